The minimum Gasteiger partial charge on any atom is -1.00 e. The van der Waals surface area contributed by atoms with Gasteiger partial charge >= 0.3 is 17.9 Å². The molecule has 4 heterocycles. The number of hydrogen-bond donors (Lipinski definition) is 3. The van der Waals surface area contributed by atoms with Gasteiger partial charge in [-0.25, -0.2) is 0 Å². The number of anilines is 2. The van der Waals surface area contributed by atoms with Crippen molar-refractivity contribution in [1.82, 2.24) is 4.98 Å². The van der Waals surface area contributed by atoms with E-state index >= 15 is 0 Å². The maximum absolute atomic E-state index is 11.0. The number of benzene rings is 4. The second-order valence-electron chi connectivity index (χ2n) is 14.2. The van der Waals surface area contributed by atoms with Gasteiger partial charge in [0.2, 0.25) is 5.52 Å². The van der Waals surface area contributed by atoms with E-state index in [2.05, 4.69) is 75.5 Å². The Kier molecular flexibility index (Phi) is 15.4. The molecule has 10 nitrogen and oxygen atoms in total. The molecule has 3 N–H and O–H groups in total. The van der Waals surface area contributed by atoms with Gasteiger partial charge in [0, 0.05) is 59.4 Å². The van der Waals surface area contributed by atoms with Gasteiger partial charge in [-0.1, -0.05) is 78.1 Å². The number of carboxylic acid groups (broad SMARTS) is 3. The molecule has 0 atom stereocenters. The van der Waals surface area contributed by atoms with E-state index in [1.165, 1.54) is 20.5 Å². The van der Waals surface area contributed by atoms with Gasteiger partial charge in [-0.15, -0.1) is 0 Å². The number of fused-ring (bicyclic) bond motifs is 4. The molecule has 13 heteroatoms. The van der Waals surface area contributed by atoms with E-state index in [4.69, 9.17) is 15.3 Å². The topological polar surface area (TPSA) is 135 Å². The molecule has 0 fully saturated rings. The fourth-order valence-electron chi connectivity index (χ4n) is 7.23. The lowest BCUT2D eigenvalue weighted by atomic mass is 10.1. The standard InChI is InChI=1S/C25H24N2O4S.C22H20N2O2S.BrH/c28-24(29)11-5-6-14-27-21-9-3-4-10-22(21)32-23(27)17-18-12-15-26(16-13-25(30)31)20-8-2-1-7-19(18)20;25-22(26)11-5-6-14-24-19-9-3-4-10-20(19)27-21(24)15-16-12-13-23-18-8-2-1-7-17(16)18;/h1-4,7-10,12,15,17H,5-6,11,13-14,16H2,(H-,28,29,30,31);1-4,7-10,12-13,15H,5-6,11,14H2,(H,25,26);1H/b;21-15-;. The van der Waals surface area contributed by atoms with Crippen LogP contribution in [-0.4, -0.2) is 51.3 Å². The largest absolute Gasteiger partial charge is 1.00 e. The van der Waals surface area contributed by atoms with E-state index in [0.29, 0.717) is 19.4 Å². The van der Waals surface area contributed by atoms with E-state index in [9.17, 15) is 14.4 Å². The Morgan fingerprint density at radius 2 is 1.08 bits per heavy atom. The first-order valence-electron chi connectivity index (χ1n) is 19.7. The Hall–Kier alpha value is -5.63. The third-order valence-corrected chi connectivity index (χ3v) is 12.3. The monoisotopic (exact) mass is 904 g/mol. The van der Waals surface area contributed by atoms with Gasteiger partial charge in [-0.2, -0.15) is 4.57 Å². The first kappa shape index (κ1) is 43.9. The molecule has 4 aromatic carbocycles. The van der Waals surface area contributed by atoms with Crippen LogP contribution in [-0.2, 0) is 20.9 Å². The first-order valence-corrected chi connectivity index (χ1v) is 21.3. The molecule has 0 radical (unpaired) electrons. The maximum atomic E-state index is 11.0. The summed E-state index contributed by atoms with van der Waals surface area (Å²) < 4.78 is 1.98. The van der Waals surface area contributed by atoms with E-state index in [1.807, 2.05) is 77.6 Å². The first-order chi connectivity index (χ1) is 28.7. The highest BCUT2D eigenvalue weighted by Gasteiger charge is 2.26. The van der Waals surface area contributed by atoms with E-state index in [-0.39, 0.29) is 36.2 Å². The highest BCUT2D eigenvalue weighted by Crippen LogP contribution is 2.48. The predicted molar refractivity (Wildman–Crippen MR) is 236 cm³/mol. The molecule has 0 amide bonds. The van der Waals surface area contributed by atoms with E-state index in [1.54, 1.807) is 23.5 Å². The number of unbranched alkanes of at least 4 members (excludes halogenated alkanes) is 2. The van der Waals surface area contributed by atoms with Crippen molar-refractivity contribution in [3.8, 4) is 0 Å². The van der Waals surface area contributed by atoms with Crippen LogP contribution < -0.4 is 31.3 Å². The SMILES string of the molecule is O=C(O)CCCCN1/C(=C/c2cc[n+](CCC(=O)O)c3ccccc23)Sc2ccccc21.O=C(O)CCCCN1/C(=C/c2ccnc3ccccc23)Sc2ccccc21.[Br-]. The van der Waals surface area contributed by atoms with Crippen LogP contribution in [0.1, 0.15) is 56.1 Å². The maximum Gasteiger partial charge on any atom is 0.309 e. The minimum absolute atomic E-state index is 0. The second-order valence-corrected chi connectivity index (χ2v) is 16.3. The molecule has 0 saturated heterocycles. The quantitative estimate of drug-likeness (QED) is 0.0716. The Bertz CT molecular complexity index is 2560. The van der Waals surface area contributed by atoms with Crippen molar-refractivity contribution in [1.29, 1.82) is 0 Å². The average molecular weight is 906 g/mol. The van der Waals surface area contributed by atoms with Crippen molar-refractivity contribution >= 4 is 86.8 Å². The van der Waals surface area contributed by atoms with Gasteiger partial charge in [-0.3, -0.25) is 19.4 Å². The van der Waals surface area contributed by atoms with Crippen LogP contribution in [0.25, 0.3) is 34.0 Å². The Morgan fingerprint density at radius 3 is 1.67 bits per heavy atom. The summed E-state index contributed by atoms with van der Waals surface area (Å²) in [5, 5.41) is 31.4. The zero-order chi connectivity index (χ0) is 41.1. The fraction of sp³-hybridized carbons (Fsp3) is 0.213. The number of pyridine rings is 2. The number of nitrogens with zero attached hydrogens (tertiary/aromatic N) is 4. The number of para-hydroxylation sites is 4. The normalized spacial score (nSPS) is 14.1. The summed E-state index contributed by atoms with van der Waals surface area (Å²) in [5.74, 6) is -2.31. The number of aromatic nitrogens is 2. The third-order valence-electron chi connectivity index (χ3n) is 10.1. The van der Waals surface area contributed by atoms with Crippen molar-refractivity contribution in [2.24, 2.45) is 0 Å². The lowest BCUT2D eigenvalue weighted by molar-refractivity contribution is -0.670. The summed E-state index contributed by atoms with van der Waals surface area (Å²) >= 11 is 3.48. The number of hydrogen-bond acceptors (Lipinski definition) is 8. The summed E-state index contributed by atoms with van der Waals surface area (Å²) in [4.78, 5) is 44.1. The van der Waals surface area contributed by atoms with Gasteiger partial charge in [0.1, 0.15) is 6.42 Å². The van der Waals surface area contributed by atoms with Crippen LogP contribution in [0, 0.1) is 0 Å². The number of rotatable bonds is 15. The lowest BCUT2D eigenvalue weighted by Crippen LogP contribution is -3.00. The van der Waals surface area contributed by atoms with Gasteiger partial charge < -0.3 is 42.1 Å². The third kappa shape index (κ3) is 10.9. The summed E-state index contributed by atoms with van der Waals surface area (Å²) in [6.45, 7) is 1.99. The van der Waals surface area contributed by atoms with Crippen molar-refractivity contribution in [2.45, 2.75) is 61.3 Å². The molecule has 0 saturated carbocycles. The zero-order valence-corrected chi connectivity index (χ0v) is 36.0. The lowest BCUT2D eigenvalue weighted by Gasteiger charge is -2.20. The smallest absolute Gasteiger partial charge is 0.309 e. The molecule has 0 bridgehead atoms. The zero-order valence-electron chi connectivity index (χ0n) is 32.8. The van der Waals surface area contributed by atoms with Gasteiger partial charge in [0.05, 0.1) is 32.3 Å². The second kappa shape index (κ2) is 21.1. The number of aryl methyl sites for hydroxylation is 1. The van der Waals surface area contributed by atoms with Crippen molar-refractivity contribution < 1.29 is 51.3 Å². The summed E-state index contributed by atoms with van der Waals surface area (Å²) in [7, 11) is 0. The molecule has 0 spiro atoms. The summed E-state index contributed by atoms with van der Waals surface area (Å²) in [6, 6.07) is 36.9. The molecule has 308 valence electrons. The number of carboxylic acids is 3. The number of carbonyl (C=O) groups is 3. The molecule has 2 aliphatic heterocycles. The Balaban J connectivity index is 0.000000200. The van der Waals surface area contributed by atoms with Crippen molar-refractivity contribution in [3.63, 3.8) is 0 Å². The van der Waals surface area contributed by atoms with Crippen LogP contribution in [0.3, 0.4) is 0 Å². The molecule has 8 rings (SSSR count). The number of thioether (sulfide) groups is 2. The fourth-order valence-corrected chi connectivity index (χ4v) is 9.51. The minimum atomic E-state index is -0.813. The molecular formula is C47H45BrN4O6S2. The molecule has 2 aromatic heterocycles. The molecular weight excluding hydrogens is 861 g/mol. The van der Waals surface area contributed by atoms with Crippen LogP contribution in [0.4, 0.5) is 11.4 Å². The van der Waals surface area contributed by atoms with Gasteiger partial charge in [0.25, 0.3) is 0 Å². The predicted octanol–water partition coefficient (Wildman–Crippen LogP) is 7.17. The van der Waals surface area contributed by atoms with Crippen molar-refractivity contribution in [3.05, 3.63) is 143 Å². The van der Waals surface area contributed by atoms with E-state index in [0.717, 1.165) is 69.6 Å². The van der Waals surface area contributed by atoms with Crippen LogP contribution in [0.2, 0.25) is 0 Å². The van der Waals surface area contributed by atoms with Crippen molar-refractivity contribution in [2.75, 3.05) is 22.9 Å². The van der Waals surface area contributed by atoms with Crippen LogP contribution in [0.15, 0.2) is 141 Å². The highest BCUT2D eigenvalue weighted by molar-refractivity contribution is 8.04. The molecule has 0 unspecified atom stereocenters. The van der Waals surface area contributed by atoms with Gasteiger partial charge in [0.15, 0.2) is 12.7 Å². The highest BCUT2D eigenvalue weighted by atomic mass is 79.9. The molecule has 6 aromatic rings. The molecule has 0 aliphatic carbocycles. The number of aliphatic carboxylic acids is 3. The molecule has 2 aliphatic rings. The van der Waals surface area contributed by atoms with Crippen LogP contribution in [0.5, 0.6) is 0 Å². The molecule has 60 heavy (non-hydrogen) atoms. The summed E-state index contributed by atoms with van der Waals surface area (Å²) in [6.07, 6.45) is 11.6. The van der Waals surface area contributed by atoms with Crippen LogP contribution >= 0.6 is 23.5 Å². The van der Waals surface area contributed by atoms with E-state index < -0.39 is 17.9 Å². The van der Waals surface area contributed by atoms with Gasteiger partial charge in [-0.05, 0) is 91.4 Å². The summed E-state index contributed by atoms with van der Waals surface area (Å²) in [5.41, 5.74) is 6.54. The Labute approximate surface area is 368 Å². The number of halogens is 1. The Morgan fingerprint density at radius 1 is 0.583 bits per heavy atom. The average Bonchev–Trinajstić information content (AvgIpc) is 3.77.